The monoisotopic (exact) mass is 459 g/mol. The quantitative estimate of drug-likeness (QED) is 0.368. The molecule has 0 atom stereocenters. The van der Waals surface area contributed by atoms with Crippen molar-refractivity contribution in [3.8, 4) is 17.4 Å². The molecule has 0 aliphatic rings. The fourth-order valence-corrected chi connectivity index (χ4v) is 3.88. The van der Waals surface area contributed by atoms with Gasteiger partial charge in [-0.1, -0.05) is 60.7 Å². The summed E-state index contributed by atoms with van der Waals surface area (Å²) in [7, 11) is 0. The van der Waals surface area contributed by atoms with Crippen LogP contribution in [-0.4, -0.2) is 59.1 Å². The van der Waals surface area contributed by atoms with E-state index < -0.39 is 17.2 Å². The molecule has 0 aliphatic carbocycles. The van der Waals surface area contributed by atoms with Crippen LogP contribution in [0.3, 0.4) is 0 Å². The van der Waals surface area contributed by atoms with E-state index in [0.29, 0.717) is 13.0 Å². The molecule has 4 rings (SSSR count). The fourth-order valence-electron chi connectivity index (χ4n) is 3.88. The number of H-pyrrole nitrogens is 2. The first-order chi connectivity index (χ1) is 16.5. The second kappa shape index (κ2) is 10.1. The Morgan fingerprint density at radius 1 is 1.03 bits per heavy atom. The number of carbonyl (C=O) groups excluding carboxylic acids is 1. The van der Waals surface area contributed by atoms with Crippen LogP contribution in [0.1, 0.15) is 47.8 Å². The van der Waals surface area contributed by atoms with Gasteiger partial charge in [-0.2, -0.15) is 5.21 Å². The Hall–Kier alpha value is -4.34. The highest BCUT2D eigenvalue weighted by Gasteiger charge is 2.27. The molecule has 0 saturated carbocycles. The average molecular weight is 460 g/mol. The molecule has 174 valence electrons. The zero-order chi connectivity index (χ0) is 24.1. The first-order valence-corrected chi connectivity index (χ1v) is 10.9. The number of tetrazole rings is 1. The van der Waals surface area contributed by atoms with Crippen molar-refractivity contribution in [2.75, 3.05) is 6.54 Å². The Bertz CT molecular complexity index is 1250. The summed E-state index contributed by atoms with van der Waals surface area (Å²) in [6.07, 6.45) is 0.638. The van der Waals surface area contributed by atoms with Crippen molar-refractivity contribution in [2.24, 2.45) is 0 Å². The smallest absolute Gasteiger partial charge is 0.294 e. The summed E-state index contributed by atoms with van der Waals surface area (Å²) in [5.74, 6) is -1.29. The first kappa shape index (κ1) is 22.8. The van der Waals surface area contributed by atoms with E-state index in [1.54, 1.807) is 4.90 Å². The number of aromatic nitrogens is 6. The second-order valence-electron chi connectivity index (χ2n) is 8.10. The van der Waals surface area contributed by atoms with Gasteiger partial charge in [0, 0.05) is 18.5 Å². The van der Waals surface area contributed by atoms with Crippen molar-refractivity contribution in [3.63, 3.8) is 0 Å². The van der Waals surface area contributed by atoms with Crippen LogP contribution in [0.2, 0.25) is 0 Å². The highest BCUT2D eigenvalue weighted by atomic mass is 16.3. The van der Waals surface area contributed by atoms with Gasteiger partial charge < -0.3 is 15.0 Å². The van der Waals surface area contributed by atoms with E-state index in [9.17, 15) is 14.7 Å². The molecule has 0 aliphatic heterocycles. The third-order valence-corrected chi connectivity index (χ3v) is 5.60. The Morgan fingerprint density at radius 2 is 1.65 bits per heavy atom. The molecule has 1 amide bonds. The summed E-state index contributed by atoms with van der Waals surface area (Å²) in [4.78, 5) is 33.8. The van der Waals surface area contributed by atoms with Crippen LogP contribution in [-0.2, 0) is 0 Å². The van der Waals surface area contributed by atoms with Crippen LogP contribution < -0.4 is 5.56 Å². The molecule has 2 aromatic heterocycles. The van der Waals surface area contributed by atoms with Crippen LogP contribution >= 0.6 is 0 Å². The predicted molar refractivity (Wildman–Crippen MR) is 125 cm³/mol. The van der Waals surface area contributed by atoms with E-state index in [1.807, 2.05) is 50.2 Å². The predicted octanol–water partition coefficient (Wildman–Crippen LogP) is 2.73. The maximum atomic E-state index is 13.5. The molecule has 0 bridgehead atoms. The minimum Gasteiger partial charge on any atom is -0.501 e. The lowest BCUT2D eigenvalue weighted by Gasteiger charge is -2.29. The number of aromatic amines is 2. The number of hydrogen-bond acceptors (Lipinski definition) is 7. The lowest BCUT2D eigenvalue weighted by atomic mass is 9.88. The summed E-state index contributed by atoms with van der Waals surface area (Å²) in [5.41, 5.74) is 1.07. The maximum Gasteiger partial charge on any atom is 0.294 e. The number of rotatable bonds is 8. The summed E-state index contributed by atoms with van der Waals surface area (Å²) in [5, 5.41) is 23.6. The lowest BCUT2D eigenvalue weighted by Crippen LogP contribution is -2.39. The molecule has 0 fully saturated rings. The summed E-state index contributed by atoms with van der Waals surface area (Å²) in [6.45, 7) is 4.14. The molecule has 0 saturated heterocycles. The molecule has 0 unspecified atom stereocenters. The van der Waals surface area contributed by atoms with Gasteiger partial charge in [-0.05, 0) is 36.6 Å². The molecule has 0 spiro atoms. The van der Waals surface area contributed by atoms with Crippen LogP contribution in [0.5, 0.6) is 5.75 Å². The van der Waals surface area contributed by atoms with Gasteiger partial charge in [-0.3, -0.25) is 9.59 Å². The van der Waals surface area contributed by atoms with E-state index in [4.69, 9.17) is 0 Å². The number of carbonyl (C=O) groups is 1. The van der Waals surface area contributed by atoms with Crippen LogP contribution in [0.15, 0.2) is 65.5 Å². The van der Waals surface area contributed by atoms with Gasteiger partial charge in [0.2, 0.25) is 11.6 Å². The minimum absolute atomic E-state index is 0.00969. The van der Waals surface area contributed by atoms with E-state index >= 15 is 0 Å². The number of aromatic hydroxyl groups is 1. The van der Waals surface area contributed by atoms with E-state index in [-0.39, 0.29) is 29.3 Å². The topological polar surface area (TPSA) is 141 Å². The summed E-state index contributed by atoms with van der Waals surface area (Å²) < 4.78 is 0. The molecular weight excluding hydrogens is 434 g/mol. The van der Waals surface area contributed by atoms with Gasteiger partial charge in [-0.15, -0.1) is 10.2 Å². The average Bonchev–Trinajstić information content (AvgIpc) is 3.39. The molecule has 2 aromatic carbocycles. The standard InChI is InChI=1S/C24H25N7O3/c1-15(2)31(14-13-18(16-9-5-3-6-10-16)17-11-7-4-8-12-17)24(34)19-20(32)23(33)26-21(25-19)22-27-29-30-28-22/h3-12,15,18,32H,13-14H2,1-2H3,(H,25,26,33)(H,27,28,29,30). The molecule has 2 heterocycles. The van der Waals surface area contributed by atoms with Crippen molar-refractivity contribution >= 4 is 5.91 Å². The number of benzene rings is 2. The normalized spacial score (nSPS) is 11.2. The van der Waals surface area contributed by atoms with E-state index in [0.717, 1.165) is 11.1 Å². The van der Waals surface area contributed by atoms with E-state index in [1.165, 1.54) is 0 Å². The fraction of sp³-hybridized carbons (Fsp3) is 0.250. The van der Waals surface area contributed by atoms with Crippen molar-refractivity contribution < 1.29 is 9.90 Å². The zero-order valence-corrected chi connectivity index (χ0v) is 18.8. The number of nitrogens with zero attached hydrogens (tertiary/aromatic N) is 5. The van der Waals surface area contributed by atoms with Crippen LogP contribution in [0.4, 0.5) is 0 Å². The molecule has 34 heavy (non-hydrogen) atoms. The van der Waals surface area contributed by atoms with Crippen molar-refractivity contribution in [1.82, 2.24) is 35.5 Å². The highest BCUT2D eigenvalue weighted by Crippen LogP contribution is 2.29. The lowest BCUT2D eigenvalue weighted by molar-refractivity contribution is 0.0691. The largest absolute Gasteiger partial charge is 0.501 e. The summed E-state index contributed by atoms with van der Waals surface area (Å²) >= 11 is 0. The van der Waals surface area contributed by atoms with Crippen molar-refractivity contribution in [2.45, 2.75) is 32.2 Å². The molecule has 10 heteroatoms. The Balaban J connectivity index is 1.64. The molecule has 3 N–H and O–H groups in total. The number of hydrogen-bond donors (Lipinski definition) is 3. The number of nitrogens with one attached hydrogen (secondary N) is 2. The Kier molecular flexibility index (Phi) is 6.77. The van der Waals surface area contributed by atoms with Gasteiger partial charge in [-0.25, -0.2) is 4.98 Å². The minimum atomic E-state index is -0.853. The molecule has 4 aromatic rings. The SMILES string of the molecule is CC(C)N(CCC(c1ccccc1)c1ccccc1)C(=O)c1nc(-c2nn[nH]n2)[nH]c(=O)c1O. The van der Waals surface area contributed by atoms with Crippen LogP contribution in [0, 0.1) is 0 Å². The van der Waals surface area contributed by atoms with Gasteiger partial charge in [0.15, 0.2) is 11.5 Å². The van der Waals surface area contributed by atoms with Gasteiger partial charge in [0.05, 0.1) is 0 Å². The van der Waals surface area contributed by atoms with Gasteiger partial charge >= 0.3 is 0 Å². The van der Waals surface area contributed by atoms with Gasteiger partial charge in [0.25, 0.3) is 11.5 Å². The Morgan fingerprint density at radius 3 is 2.18 bits per heavy atom. The van der Waals surface area contributed by atoms with Crippen LogP contribution in [0.25, 0.3) is 11.6 Å². The first-order valence-electron chi connectivity index (χ1n) is 10.9. The summed E-state index contributed by atoms with van der Waals surface area (Å²) in [6, 6.07) is 20.0. The third-order valence-electron chi connectivity index (χ3n) is 5.60. The zero-order valence-electron chi connectivity index (χ0n) is 18.8. The molecular formula is C24H25N7O3. The van der Waals surface area contributed by atoms with Crippen molar-refractivity contribution in [3.05, 3.63) is 87.8 Å². The molecule has 10 nitrogen and oxygen atoms in total. The number of amides is 1. The third kappa shape index (κ3) is 4.85. The van der Waals surface area contributed by atoms with Crippen molar-refractivity contribution in [1.29, 1.82) is 0 Å². The maximum absolute atomic E-state index is 13.5. The van der Waals surface area contributed by atoms with E-state index in [2.05, 4.69) is 54.9 Å². The second-order valence-corrected chi connectivity index (χ2v) is 8.10. The Labute approximate surface area is 195 Å². The molecule has 0 radical (unpaired) electrons. The highest BCUT2D eigenvalue weighted by molar-refractivity contribution is 5.95. The van der Waals surface area contributed by atoms with Gasteiger partial charge in [0.1, 0.15) is 0 Å².